The lowest BCUT2D eigenvalue weighted by Crippen LogP contribution is -2.33. The number of hydrogen-bond acceptors (Lipinski definition) is 8. The van der Waals surface area contributed by atoms with Gasteiger partial charge in [-0.2, -0.15) is 15.0 Å². The smallest absolute Gasteiger partial charge is 0.342 e. The van der Waals surface area contributed by atoms with Crippen LogP contribution in [0, 0.1) is 17.2 Å². The van der Waals surface area contributed by atoms with E-state index in [-0.39, 0.29) is 17.9 Å². The Morgan fingerprint density at radius 3 is 2.53 bits per heavy atom. The lowest BCUT2D eigenvalue weighted by Gasteiger charge is -2.29. The molecule has 3 aromatic heterocycles. The molecule has 1 aliphatic rings. The summed E-state index contributed by atoms with van der Waals surface area (Å²) in [6.45, 7) is 5.42. The van der Waals surface area contributed by atoms with Gasteiger partial charge in [-0.1, -0.05) is 0 Å². The number of anilines is 1. The summed E-state index contributed by atoms with van der Waals surface area (Å²) in [5.41, 5.74) is 6.67. The zero-order valence-electron chi connectivity index (χ0n) is 19.4. The van der Waals surface area contributed by atoms with Crippen molar-refractivity contribution in [3.8, 4) is 11.9 Å². The number of nitriles is 1. The van der Waals surface area contributed by atoms with Crippen LogP contribution in [-0.2, 0) is 9.53 Å². The Bertz CT molecular complexity index is 1280. The molecule has 34 heavy (non-hydrogen) atoms. The van der Waals surface area contributed by atoms with E-state index < -0.39 is 11.6 Å². The molecule has 1 saturated carbocycles. The van der Waals surface area contributed by atoms with Gasteiger partial charge in [-0.15, -0.1) is 0 Å². The molecule has 0 unspecified atom stereocenters. The molecular formula is C24H27N7O3. The highest BCUT2D eigenvalue weighted by molar-refractivity contribution is 5.96. The SMILES string of the molecule is CC(C)(C)OC(=O)c1cnc(-n2ncc3cc(C#N)cnc32)cc1NC1CCC(C(N)=O)CC1. The second-order valence-corrected chi connectivity index (χ2v) is 9.49. The summed E-state index contributed by atoms with van der Waals surface area (Å²) in [5.74, 6) is -0.400. The van der Waals surface area contributed by atoms with Crippen molar-refractivity contribution in [2.75, 3.05) is 5.32 Å². The number of aromatic nitrogens is 4. The van der Waals surface area contributed by atoms with Crippen LogP contribution < -0.4 is 11.1 Å². The second-order valence-electron chi connectivity index (χ2n) is 9.49. The first-order valence-corrected chi connectivity index (χ1v) is 11.2. The maximum atomic E-state index is 12.9. The number of carbonyl (C=O) groups excluding carboxylic acids is 2. The number of primary amides is 1. The largest absolute Gasteiger partial charge is 0.456 e. The molecule has 4 rings (SSSR count). The second kappa shape index (κ2) is 9.09. The molecule has 3 heterocycles. The van der Waals surface area contributed by atoms with Gasteiger partial charge in [0.1, 0.15) is 17.2 Å². The number of hydrogen-bond donors (Lipinski definition) is 2. The fourth-order valence-corrected chi connectivity index (χ4v) is 4.07. The van der Waals surface area contributed by atoms with Crippen LogP contribution in [-0.4, -0.2) is 43.3 Å². The molecule has 0 saturated heterocycles. The number of amides is 1. The van der Waals surface area contributed by atoms with Crippen molar-refractivity contribution in [3.05, 3.63) is 41.9 Å². The Hall–Kier alpha value is -4.00. The molecule has 3 N–H and O–H groups in total. The standard InChI is InChI=1S/C24H27N7O3/c1-24(2,3)34-23(33)18-13-27-20(31-22-16(12-29-31)8-14(10-25)11-28-22)9-19(18)30-17-6-4-15(5-7-17)21(26)32/h8-9,11-13,15,17H,4-7H2,1-3H3,(H2,26,32)(H,27,30). The predicted molar refractivity (Wildman–Crippen MR) is 125 cm³/mol. The van der Waals surface area contributed by atoms with Crippen LogP contribution in [0.4, 0.5) is 5.69 Å². The number of nitrogens with zero attached hydrogens (tertiary/aromatic N) is 5. The molecule has 0 aromatic carbocycles. The number of carbonyl (C=O) groups is 2. The van der Waals surface area contributed by atoms with Crippen LogP contribution in [0.3, 0.4) is 0 Å². The monoisotopic (exact) mass is 461 g/mol. The zero-order chi connectivity index (χ0) is 24.5. The molecule has 10 heteroatoms. The van der Waals surface area contributed by atoms with Gasteiger partial charge in [-0.3, -0.25) is 4.79 Å². The molecule has 1 aliphatic carbocycles. The van der Waals surface area contributed by atoms with E-state index in [1.807, 2.05) is 20.8 Å². The number of esters is 1. The van der Waals surface area contributed by atoms with E-state index in [0.717, 1.165) is 12.8 Å². The number of pyridine rings is 2. The first-order valence-electron chi connectivity index (χ1n) is 11.2. The van der Waals surface area contributed by atoms with Crippen molar-refractivity contribution in [1.29, 1.82) is 5.26 Å². The van der Waals surface area contributed by atoms with Crippen molar-refractivity contribution in [2.24, 2.45) is 11.7 Å². The molecule has 176 valence electrons. The van der Waals surface area contributed by atoms with E-state index >= 15 is 0 Å². The number of nitrogens with two attached hydrogens (primary N) is 1. The van der Waals surface area contributed by atoms with Gasteiger partial charge >= 0.3 is 5.97 Å². The number of fused-ring (bicyclic) bond motifs is 1. The highest BCUT2D eigenvalue weighted by atomic mass is 16.6. The van der Waals surface area contributed by atoms with E-state index in [1.54, 1.807) is 23.0 Å². The minimum absolute atomic E-state index is 0.0673. The lowest BCUT2D eigenvalue weighted by atomic mass is 9.85. The van der Waals surface area contributed by atoms with E-state index in [4.69, 9.17) is 15.7 Å². The van der Waals surface area contributed by atoms with Crippen molar-refractivity contribution >= 4 is 28.6 Å². The summed E-state index contributed by atoms with van der Waals surface area (Å²) in [6, 6.07) is 5.58. The number of ether oxygens (including phenoxy) is 1. The molecule has 0 aliphatic heterocycles. The molecular weight excluding hydrogens is 434 g/mol. The zero-order valence-corrected chi connectivity index (χ0v) is 19.4. The van der Waals surface area contributed by atoms with Crippen LogP contribution in [0.2, 0.25) is 0 Å². The lowest BCUT2D eigenvalue weighted by molar-refractivity contribution is -0.122. The van der Waals surface area contributed by atoms with E-state index in [1.165, 1.54) is 12.4 Å². The third kappa shape index (κ3) is 4.98. The molecule has 0 bridgehead atoms. The average molecular weight is 462 g/mol. The third-order valence-corrected chi connectivity index (χ3v) is 5.75. The van der Waals surface area contributed by atoms with Gasteiger partial charge in [-0.25, -0.2) is 14.8 Å². The van der Waals surface area contributed by atoms with Gasteiger partial charge in [0.15, 0.2) is 11.5 Å². The first kappa shape index (κ1) is 23.2. The Labute approximate surface area is 197 Å². The summed E-state index contributed by atoms with van der Waals surface area (Å²) in [7, 11) is 0. The van der Waals surface area contributed by atoms with Crippen LogP contribution in [0.25, 0.3) is 16.9 Å². The van der Waals surface area contributed by atoms with Crippen LogP contribution in [0.15, 0.2) is 30.7 Å². The Kier molecular flexibility index (Phi) is 6.20. The van der Waals surface area contributed by atoms with E-state index in [2.05, 4.69) is 26.5 Å². The van der Waals surface area contributed by atoms with Crippen molar-refractivity contribution < 1.29 is 14.3 Å². The molecule has 0 atom stereocenters. The van der Waals surface area contributed by atoms with E-state index in [9.17, 15) is 9.59 Å². The third-order valence-electron chi connectivity index (χ3n) is 5.75. The highest BCUT2D eigenvalue weighted by Gasteiger charge is 2.27. The van der Waals surface area contributed by atoms with Gasteiger partial charge in [0, 0.05) is 35.8 Å². The Morgan fingerprint density at radius 1 is 1.15 bits per heavy atom. The minimum atomic E-state index is -0.660. The van der Waals surface area contributed by atoms with Gasteiger partial charge in [0.25, 0.3) is 0 Å². The molecule has 1 fully saturated rings. The van der Waals surface area contributed by atoms with Gasteiger partial charge in [0.05, 0.1) is 17.4 Å². The topological polar surface area (TPSA) is 149 Å². The fourth-order valence-electron chi connectivity index (χ4n) is 4.07. The molecule has 3 aromatic rings. The van der Waals surface area contributed by atoms with Crippen molar-refractivity contribution in [1.82, 2.24) is 19.7 Å². The van der Waals surface area contributed by atoms with Crippen LogP contribution >= 0.6 is 0 Å². The first-order chi connectivity index (χ1) is 16.1. The van der Waals surface area contributed by atoms with Gasteiger partial charge < -0.3 is 15.8 Å². The van der Waals surface area contributed by atoms with Crippen molar-refractivity contribution in [3.63, 3.8) is 0 Å². The summed E-state index contributed by atoms with van der Waals surface area (Å²) in [6.07, 6.45) is 7.46. The fraction of sp³-hybridized carbons (Fsp3) is 0.417. The van der Waals surface area contributed by atoms with E-state index in [0.29, 0.717) is 46.5 Å². The summed E-state index contributed by atoms with van der Waals surface area (Å²) in [5, 5.41) is 17.6. The van der Waals surface area contributed by atoms with Crippen molar-refractivity contribution in [2.45, 2.75) is 58.1 Å². The molecule has 1 amide bonds. The predicted octanol–water partition coefficient (Wildman–Crippen LogP) is 3.10. The van der Waals surface area contributed by atoms with Gasteiger partial charge in [0.2, 0.25) is 5.91 Å². The van der Waals surface area contributed by atoms with Crippen LogP contribution in [0.1, 0.15) is 62.4 Å². The average Bonchev–Trinajstić information content (AvgIpc) is 3.21. The summed E-state index contributed by atoms with van der Waals surface area (Å²) < 4.78 is 7.14. The maximum Gasteiger partial charge on any atom is 0.342 e. The minimum Gasteiger partial charge on any atom is -0.456 e. The summed E-state index contributed by atoms with van der Waals surface area (Å²) >= 11 is 0. The summed E-state index contributed by atoms with van der Waals surface area (Å²) in [4.78, 5) is 33.2. The quantitative estimate of drug-likeness (QED) is 0.551. The Morgan fingerprint density at radius 2 is 1.88 bits per heavy atom. The van der Waals surface area contributed by atoms with Gasteiger partial charge in [-0.05, 0) is 52.5 Å². The maximum absolute atomic E-state index is 12.9. The van der Waals surface area contributed by atoms with Crippen LogP contribution in [0.5, 0.6) is 0 Å². The highest BCUT2D eigenvalue weighted by Crippen LogP contribution is 2.29. The normalized spacial score (nSPS) is 18.3. The molecule has 0 radical (unpaired) electrons. The number of nitrogens with one attached hydrogen (secondary N) is 1. The Balaban J connectivity index is 1.68. The number of rotatable bonds is 5. The molecule has 0 spiro atoms. The molecule has 10 nitrogen and oxygen atoms in total.